The van der Waals surface area contributed by atoms with Crippen LogP contribution in [0.1, 0.15) is 43.7 Å². The molecule has 1 aromatic heterocycles. The Labute approximate surface area is 200 Å². The van der Waals surface area contributed by atoms with Crippen molar-refractivity contribution in [2.45, 2.75) is 50.7 Å². The minimum absolute atomic E-state index is 0.0686. The summed E-state index contributed by atoms with van der Waals surface area (Å²) < 4.78 is 66.1. The maximum atomic E-state index is 13.6. The summed E-state index contributed by atoms with van der Waals surface area (Å²) in [7, 11) is 0. The molecule has 2 aliphatic heterocycles. The van der Waals surface area contributed by atoms with E-state index in [9.17, 15) is 26.7 Å². The molecule has 4 rings (SSSR count). The van der Waals surface area contributed by atoms with Crippen molar-refractivity contribution in [2.24, 2.45) is 11.8 Å². The molecule has 0 unspecified atom stereocenters. The fraction of sp³-hybridized carbons (Fsp3) is 0.625. The highest BCUT2D eigenvalue weighted by Gasteiger charge is 2.42. The number of nitrogens with zero attached hydrogens (tertiary/aromatic N) is 3. The van der Waals surface area contributed by atoms with E-state index in [1.165, 1.54) is 18.5 Å². The van der Waals surface area contributed by atoms with Crippen molar-refractivity contribution in [3.63, 3.8) is 0 Å². The van der Waals surface area contributed by atoms with Crippen LogP contribution in [0.25, 0.3) is 11.0 Å². The normalized spacial score (nSPS) is 24.7. The number of alkyl halides is 5. The summed E-state index contributed by atoms with van der Waals surface area (Å²) in [5, 5.41) is 6.44. The molecule has 1 amide bonds. The highest BCUT2D eigenvalue weighted by molar-refractivity contribution is 5.84. The zero-order valence-corrected chi connectivity index (χ0v) is 19.5. The van der Waals surface area contributed by atoms with Gasteiger partial charge in [-0.3, -0.25) is 19.7 Å². The molecule has 0 aliphatic carbocycles. The third-order valence-corrected chi connectivity index (χ3v) is 7.02. The van der Waals surface area contributed by atoms with Gasteiger partial charge in [-0.05, 0) is 56.8 Å². The number of hydrogen-bond donors (Lipinski definition) is 2. The Morgan fingerprint density at radius 1 is 1.20 bits per heavy atom. The monoisotopic (exact) mass is 499 g/mol. The highest BCUT2D eigenvalue weighted by atomic mass is 19.4. The van der Waals surface area contributed by atoms with Gasteiger partial charge in [0.05, 0.1) is 23.2 Å². The Hall–Kier alpha value is -2.40. The average Bonchev–Trinajstić information content (AvgIpc) is 2.78. The number of amides is 1. The minimum Gasteiger partial charge on any atom is -0.345 e. The molecule has 2 aliphatic rings. The molecule has 0 saturated carbocycles. The smallest absolute Gasteiger partial charge is 0.345 e. The number of rotatable bonds is 6. The first kappa shape index (κ1) is 25.7. The van der Waals surface area contributed by atoms with Gasteiger partial charge in [0.2, 0.25) is 5.91 Å². The SMILES string of the molecule is C[C@@H]1CNC[C@](NC(=O)CC2CCN(CC(F)F)CC2)(c2ccc(C(F)(F)F)c3nccnc23)C1. The maximum absolute atomic E-state index is 13.6. The molecular weight excluding hydrogens is 469 g/mol. The molecule has 0 bridgehead atoms. The lowest BCUT2D eigenvalue weighted by atomic mass is 9.77. The zero-order valence-electron chi connectivity index (χ0n) is 19.5. The minimum atomic E-state index is -4.58. The molecule has 2 fully saturated rings. The maximum Gasteiger partial charge on any atom is 0.418 e. The molecule has 2 N–H and O–H groups in total. The number of halogens is 5. The number of aromatic nitrogens is 2. The summed E-state index contributed by atoms with van der Waals surface area (Å²) in [5.41, 5.74) is -1.41. The van der Waals surface area contributed by atoms with Crippen LogP contribution < -0.4 is 10.6 Å². The van der Waals surface area contributed by atoms with Crippen molar-refractivity contribution >= 4 is 16.9 Å². The van der Waals surface area contributed by atoms with Crippen LogP contribution in [-0.4, -0.2) is 59.9 Å². The summed E-state index contributed by atoms with van der Waals surface area (Å²) in [6.45, 7) is 3.88. The fourth-order valence-electron chi connectivity index (χ4n) is 5.46. The van der Waals surface area contributed by atoms with E-state index in [2.05, 4.69) is 20.6 Å². The molecule has 3 heterocycles. The number of benzene rings is 1. The number of piperidine rings is 2. The molecule has 11 heteroatoms. The molecule has 2 saturated heterocycles. The first-order valence-corrected chi connectivity index (χ1v) is 11.9. The van der Waals surface area contributed by atoms with E-state index in [-0.39, 0.29) is 41.7 Å². The van der Waals surface area contributed by atoms with Crippen LogP contribution in [-0.2, 0) is 16.5 Å². The quantitative estimate of drug-likeness (QED) is 0.589. The summed E-state index contributed by atoms with van der Waals surface area (Å²) in [6.07, 6.45) is -2.30. The number of carbonyl (C=O) groups excluding carboxylic acids is 1. The van der Waals surface area contributed by atoms with E-state index < -0.39 is 23.7 Å². The van der Waals surface area contributed by atoms with Crippen LogP contribution in [0.4, 0.5) is 22.0 Å². The summed E-state index contributed by atoms with van der Waals surface area (Å²) in [5.74, 6) is 0.0277. The number of nitrogens with one attached hydrogen (secondary N) is 2. The van der Waals surface area contributed by atoms with Crippen molar-refractivity contribution in [2.75, 3.05) is 32.7 Å². The van der Waals surface area contributed by atoms with Gasteiger partial charge in [0.1, 0.15) is 5.52 Å². The number of carbonyl (C=O) groups is 1. The Bertz CT molecular complexity index is 1040. The largest absolute Gasteiger partial charge is 0.418 e. The topological polar surface area (TPSA) is 70.2 Å². The second kappa shape index (κ2) is 10.3. The Morgan fingerprint density at radius 2 is 1.89 bits per heavy atom. The Morgan fingerprint density at radius 3 is 2.51 bits per heavy atom. The third kappa shape index (κ3) is 5.88. The third-order valence-electron chi connectivity index (χ3n) is 7.02. The van der Waals surface area contributed by atoms with Crippen LogP contribution in [0.5, 0.6) is 0 Å². The number of hydrogen-bond acceptors (Lipinski definition) is 5. The zero-order chi connectivity index (χ0) is 25.2. The summed E-state index contributed by atoms with van der Waals surface area (Å²) in [4.78, 5) is 23.1. The predicted octanol–water partition coefficient (Wildman–Crippen LogP) is 3.96. The van der Waals surface area contributed by atoms with Crippen LogP contribution in [0.2, 0.25) is 0 Å². The van der Waals surface area contributed by atoms with E-state index in [1.54, 1.807) is 4.90 Å². The molecule has 6 nitrogen and oxygen atoms in total. The van der Waals surface area contributed by atoms with Gasteiger partial charge in [0.25, 0.3) is 6.43 Å². The van der Waals surface area contributed by atoms with Gasteiger partial charge < -0.3 is 10.6 Å². The van der Waals surface area contributed by atoms with Gasteiger partial charge in [-0.2, -0.15) is 13.2 Å². The van der Waals surface area contributed by atoms with Crippen molar-refractivity contribution in [3.8, 4) is 0 Å². The molecule has 2 aromatic rings. The average molecular weight is 500 g/mol. The van der Waals surface area contributed by atoms with E-state index in [0.29, 0.717) is 44.5 Å². The molecular formula is C24H30F5N5O. The summed E-state index contributed by atoms with van der Waals surface area (Å²) in [6, 6.07) is 2.42. The van der Waals surface area contributed by atoms with Crippen LogP contribution in [0, 0.1) is 11.8 Å². The lowest BCUT2D eigenvalue weighted by Crippen LogP contribution is -2.57. The van der Waals surface area contributed by atoms with E-state index >= 15 is 0 Å². The van der Waals surface area contributed by atoms with Gasteiger partial charge in [0.15, 0.2) is 0 Å². The lowest BCUT2D eigenvalue weighted by molar-refractivity contribution is -0.136. The molecule has 35 heavy (non-hydrogen) atoms. The summed E-state index contributed by atoms with van der Waals surface area (Å²) >= 11 is 0. The second-order valence-corrected chi connectivity index (χ2v) is 9.82. The first-order valence-electron chi connectivity index (χ1n) is 11.9. The Balaban J connectivity index is 1.58. The van der Waals surface area contributed by atoms with E-state index in [0.717, 1.165) is 12.6 Å². The van der Waals surface area contributed by atoms with E-state index in [4.69, 9.17) is 0 Å². The van der Waals surface area contributed by atoms with Crippen molar-refractivity contribution in [3.05, 3.63) is 35.7 Å². The number of fused-ring (bicyclic) bond motifs is 1. The van der Waals surface area contributed by atoms with Crippen molar-refractivity contribution in [1.29, 1.82) is 0 Å². The standard InChI is InChI=1S/C24H30F5N5O/c1-15-11-23(14-30-12-15,33-20(35)10-16-4-8-34(9-5-16)13-19(25)26)17-2-3-18(24(27,28)29)22-21(17)31-6-7-32-22/h2-3,6-7,15-16,19,30H,4-5,8-14H2,1H3,(H,33,35)/t15-,23-/m0/s1. The molecule has 0 radical (unpaired) electrons. The molecule has 0 spiro atoms. The molecule has 1 aromatic carbocycles. The van der Waals surface area contributed by atoms with Crippen molar-refractivity contribution < 1.29 is 26.7 Å². The van der Waals surface area contributed by atoms with Gasteiger partial charge in [-0.25, -0.2) is 8.78 Å². The van der Waals surface area contributed by atoms with Crippen LogP contribution >= 0.6 is 0 Å². The van der Waals surface area contributed by atoms with Crippen LogP contribution in [0.15, 0.2) is 24.5 Å². The van der Waals surface area contributed by atoms with E-state index in [1.807, 2.05) is 6.92 Å². The Kier molecular flexibility index (Phi) is 7.56. The molecule has 2 atom stereocenters. The molecule has 192 valence electrons. The fourth-order valence-corrected chi connectivity index (χ4v) is 5.46. The van der Waals surface area contributed by atoms with Gasteiger partial charge >= 0.3 is 6.18 Å². The van der Waals surface area contributed by atoms with Crippen LogP contribution in [0.3, 0.4) is 0 Å². The van der Waals surface area contributed by atoms with Crippen molar-refractivity contribution in [1.82, 2.24) is 25.5 Å². The lowest BCUT2D eigenvalue weighted by Gasteiger charge is -2.42. The highest BCUT2D eigenvalue weighted by Crippen LogP contribution is 2.40. The van der Waals surface area contributed by atoms with Gasteiger partial charge in [-0.1, -0.05) is 13.0 Å². The first-order chi connectivity index (χ1) is 16.6. The number of likely N-dealkylation sites (tertiary alicyclic amines) is 1. The second-order valence-electron chi connectivity index (χ2n) is 9.82. The van der Waals surface area contributed by atoms with Gasteiger partial charge in [0, 0.05) is 30.9 Å². The predicted molar refractivity (Wildman–Crippen MR) is 121 cm³/mol. The van der Waals surface area contributed by atoms with Gasteiger partial charge in [-0.15, -0.1) is 0 Å².